The van der Waals surface area contributed by atoms with E-state index in [1.165, 1.54) is 0 Å². The molecule has 0 unspecified atom stereocenters. The molecule has 1 aliphatic carbocycles. The van der Waals surface area contributed by atoms with E-state index in [1.54, 1.807) is 0 Å². The first kappa shape index (κ1) is 11.5. The van der Waals surface area contributed by atoms with Crippen LogP contribution in [0.2, 0.25) is 0 Å². The summed E-state index contributed by atoms with van der Waals surface area (Å²) in [6.07, 6.45) is 2.40. The van der Waals surface area contributed by atoms with Gasteiger partial charge in [-0.05, 0) is 18.9 Å². The number of rotatable bonds is 3. The molecule has 0 amide bonds. The number of hydrogen-bond acceptors (Lipinski definition) is 4. The van der Waals surface area contributed by atoms with Crippen molar-refractivity contribution in [1.82, 2.24) is 0 Å². The Balaban J connectivity index is 2.20. The second kappa shape index (κ2) is 4.48. The van der Waals surface area contributed by atoms with E-state index in [1.807, 2.05) is 0 Å². The average molecular weight is 239 g/mol. The monoisotopic (exact) mass is 239 g/mol. The number of halogens is 1. The molecular weight excluding hydrogens is 229 g/mol. The molecule has 0 saturated heterocycles. The van der Waals surface area contributed by atoms with Crippen molar-refractivity contribution in [3.8, 4) is 5.75 Å². The zero-order chi connectivity index (χ0) is 12.4. The van der Waals surface area contributed by atoms with Gasteiger partial charge in [0, 0.05) is 12.1 Å². The van der Waals surface area contributed by atoms with E-state index in [9.17, 15) is 19.3 Å². The molecule has 0 bridgehead atoms. The quantitative estimate of drug-likeness (QED) is 0.351. The van der Waals surface area contributed by atoms with Crippen LogP contribution in [0.25, 0.3) is 0 Å². The molecule has 0 aliphatic heterocycles. The topological polar surface area (TPSA) is 69.4 Å². The Morgan fingerprint density at radius 2 is 2.18 bits per heavy atom. The van der Waals surface area contributed by atoms with Crippen molar-refractivity contribution in [3.63, 3.8) is 0 Å². The molecule has 0 N–H and O–H groups in total. The lowest BCUT2D eigenvalue weighted by Gasteiger charge is -2.22. The molecule has 0 atom stereocenters. The molecule has 2 rings (SSSR count). The number of nitro groups is 1. The number of benzene rings is 1. The van der Waals surface area contributed by atoms with E-state index in [2.05, 4.69) is 0 Å². The summed E-state index contributed by atoms with van der Waals surface area (Å²) in [4.78, 5) is 21.5. The summed E-state index contributed by atoms with van der Waals surface area (Å²) in [5.41, 5.74) is -0.404. The summed E-state index contributed by atoms with van der Waals surface area (Å²) >= 11 is 0. The molecule has 0 heterocycles. The van der Waals surface area contributed by atoms with Gasteiger partial charge in [-0.3, -0.25) is 14.9 Å². The molecule has 1 aromatic rings. The Morgan fingerprint density at radius 3 is 2.71 bits per heavy atom. The summed E-state index contributed by atoms with van der Waals surface area (Å²) < 4.78 is 17.8. The summed E-state index contributed by atoms with van der Waals surface area (Å²) in [5, 5.41) is 10.7. The number of carbonyl (C=O) groups is 1. The highest BCUT2D eigenvalue weighted by molar-refractivity contribution is 5.77. The molecule has 90 valence electrons. The number of ether oxygens (including phenoxy) is 1. The maximum absolute atomic E-state index is 12.9. The summed E-state index contributed by atoms with van der Waals surface area (Å²) in [7, 11) is 0. The third-order valence-electron chi connectivity index (χ3n) is 2.77. The van der Waals surface area contributed by atoms with Gasteiger partial charge in [-0.25, -0.2) is 4.39 Å². The van der Waals surface area contributed by atoms with Gasteiger partial charge in [-0.2, -0.15) is 0 Å². The van der Waals surface area contributed by atoms with Crippen molar-refractivity contribution in [1.29, 1.82) is 0 Å². The van der Waals surface area contributed by atoms with E-state index < -0.39 is 22.4 Å². The Hall–Kier alpha value is -1.98. The minimum absolute atomic E-state index is 0.210. The van der Waals surface area contributed by atoms with Crippen molar-refractivity contribution in [2.45, 2.75) is 19.3 Å². The van der Waals surface area contributed by atoms with Crippen LogP contribution in [-0.2, 0) is 4.79 Å². The first-order valence-corrected chi connectivity index (χ1v) is 5.23. The van der Waals surface area contributed by atoms with Crippen LogP contribution in [0.5, 0.6) is 5.75 Å². The zero-order valence-corrected chi connectivity index (χ0v) is 8.89. The van der Waals surface area contributed by atoms with Gasteiger partial charge in [0.05, 0.1) is 10.8 Å². The van der Waals surface area contributed by atoms with Gasteiger partial charge >= 0.3 is 11.7 Å². The second-order valence-corrected chi connectivity index (χ2v) is 3.92. The standard InChI is InChI=1S/C11H10FNO4/c12-8-4-5-9(13(15)16)10(6-8)17-11(14)7-2-1-3-7/h4-7H,1-3H2. The number of esters is 1. The minimum atomic E-state index is -0.706. The van der Waals surface area contributed by atoms with Crippen molar-refractivity contribution < 1.29 is 18.8 Å². The van der Waals surface area contributed by atoms with Crippen LogP contribution >= 0.6 is 0 Å². The lowest BCUT2D eigenvalue weighted by atomic mass is 9.86. The third kappa shape index (κ3) is 2.41. The van der Waals surface area contributed by atoms with Gasteiger partial charge < -0.3 is 4.74 Å². The van der Waals surface area contributed by atoms with Crippen LogP contribution in [-0.4, -0.2) is 10.9 Å². The Bertz CT molecular complexity index is 471. The Labute approximate surface area is 96.3 Å². The predicted molar refractivity (Wildman–Crippen MR) is 56.0 cm³/mol. The number of carbonyl (C=O) groups excluding carboxylic acids is 1. The lowest BCUT2D eigenvalue weighted by Crippen LogP contribution is -2.26. The highest BCUT2D eigenvalue weighted by Crippen LogP contribution is 2.32. The van der Waals surface area contributed by atoms with E-state index in [0.717, 1.165) is 37.5 Å². The summed E-state index contributed by atoms with van der Waals surface area (Å²) in [6, 6.07) is 2.80. The molecule has 0 radical (unpaired) electrons. The molecule has 1 aliphatic rings. The van der Waals surface area contributed by atoms with Crippen LogP contribution in [0.3, 0.4) is 0 Å². The largest absolute Gasteiger partial charge is 0.419 e. The van der Waals surface area contributed by atoms with Gasteiger partial charge in [0.1, 0.15) is 5.82 Å². The zero-order valence-electron chi connectivity index (χ0n) is 8.89. The van der Waals surface area contributed by atoms with E-state index in [4.69, 9.17) is 4.74 Å². The van der Waals surface area contributed by atoms with Crippen LogP contribution < -0.4 is 4.74 Å². The maximum atomic E-state index is 12.9. The van der Waals surface area contributed by atoms with E-state index in [0.29, 0.717) is 0 Å². The van der Waals surface area contributed by atoms with Gasteiger partial charge in [-0.15, -0.1) is 0 Å². The predicted octanol–water partition coefficient (Wildman–Crippen LogP) is 2.44. The fourth-order valence-corrected chi connectivity index (χ4v) is 1.56. The molecule has 0 aromatic heterocycles. The fraction of sp³-hybridized carbons (Fsp3) is 0.364. The number of nitro benzene ring substituents is 1. The Kier molecular flexibility index (Phi) is 3.03. The Morgan fingerprint density at radius 1 is 1.47 bits per heavy atom. The molecule has 6 heteroatoms. The average Bonchev–Trinajstić information content (AvgIpc) is 2.13. The van der Waals surface area contributed by atoms with E-state index in [-0.39, 0.29) is 11.7 Å². The van der Waals surface area contributed by atoms with Crippen LogP contribution in [0.1, 0.15) is 19.3 Å². The van der Waals surface area contributed by atoms with Crippen molar-refractivity contribution in [2.24, 2.45) is 5.92 Å². The van der Waals surface area contributed by atoms with Crippen molar-refractivity contribution >= 4 is 11.7 Å². The van der Waals surface area contributed by atoms with Gasteiger partial charge in [0.2, 0.25) is 5.75 Å². The normalized spacial score (nSPS) is 15.1. The van der Waals surface area contributed by atoms with Gasteiger partial charge in [0.25, 0.3) is 0 Å². The maximum Gasteiger partial charge on any atom is 0.314 e. The molecule has 1 aromatic carbocycles. The number of hydrogen-bond donors (Lipinski definition) is 0. The van der Waals surface area contributed by atoms with Gasteiger partial charge in [-0.1, -0.05) is 6.42 Å². The minimum Gasteiger partial charge on any atom is -0.419 e. The van der Waals surface area contributed by atoms with Crippen LogP contribution in [0.4, 0.5) is 10.1 Å². The second-order valence-electron chi connectivity index (χ2n) is 3.92. The lowest BCUT2D eigenvalue weighted by molar-refractivity contribution is -0.385. The van der Waals surface area contributed by atoms with Crippen LogP contribution in [0, 0.1) is 21.8 Å². The fourth-order valence-electron chi connectivity index (χ4n) is 1.56. The summed E-state index contributed by atoms with van der Waals surface area (Å²) in [6.45, 7) is 0. The molecule has 1 saturated carbocycles. The third-order valence-corrected chi connectivity index (χ3v) is 2.77. The van der Waals surface area contributed by atoms with Crippen molar-refractivity contribution in [3.05, 3.63) is 34.1 Å². The number of nitrogens with zero attached hydrogens (tertiary/aromatic N) is 1. The highest BCUT2D eigenvalue weighted by atomic mass is 19.1. The molecule has 5 nitrogen and oxygen atoms in total. The summed E-state index contributed by atoms with van der Waals surface area (Å²) in [5.74, 6) is -1.73. The SMILES string of the molecule is O=C(Oc1cc(F)ccc1[N+](=O)[O-])C1CCC1. The highest BCUT2D eigenvalue weighted by Gasteiger charge is 2.29. The first-order valence-electron chi connectivity index (χ1n) is 5.23. The van der Waals surface area contributed by atoms with Crippen molar-refractivity contribution in [2.75, 3.05) is 0 Å². The van der Waals surface area contributed by atoms with Gasteiger partial charge in [0.15, 0.2) is 0 Å². The molecule has 0 spiro atoms. The first-order chi connectivity index (χ1) is 8.08. The van der Waals surface area contributed by atoms with Crippen LogP contribution in [0.15, 0.2) is 18.2 Å². The van der Waals surface area contributed by atoms with E-state index >= 15 is 0 Å². The smallest absolute Gasteiger partial charge is 0.314 e. The molecule has 1 fully saturated rings. The molecular formula is C11H10FNO4. The molecule has 17 heavy (non-hydrogen) atoms.